The minimum Gasteiger partial charge on any atom is -0.462 e. The van der Waals surface area contributed by atoms with E-state index in [1.807, 2.05) is 12.2 Å². The van der Waals surface area contributed by atoms with Gasteiger partial charge in [0.1, 0.15) is 19.3 Å². The summed E-state index contributed by atoms with van der Waals surface area (Å²) >= 11 is 0. The van der Waals surface area contributed by atoms with E-state index in [4.69, 9.17) is 37.0 Å². The van der Waals surface area contributed by atoms with Crippen LogP contribution < -0.4 is 0 Å². The minimum atomic E-state index is -5.01. The van der Waals surface area contributed by atoms with Gasteiger partial charge in [0.2, 0.25) is 0 Å². The number of carbonyl (C=O) groups excluding carboxylic acids is 4. The Morgan fingerprint density at radius 3 is 0.941 bits per heavy atom. The summed E-state index contributed by atoms with van der Waals surface area (Å²) < 4.78 is 68.4. The van der Waals surface area contributed by atoms with Crippen LogP contribution in [0.25, 0.3) is 0 Å². The number of rotatable bonds is 73. The molecule has 0 heterocycles. The van der Waals surface area contributed by atoms with Gasteiger partial charge in [-0.2, -0.15) is 0 Å². The fourth-order valence-electron chi connectivity index (χ4n) is 10.1. The predicted octanol–water partition coefficient (Wildman–Crippen LogP) is 22.9. The van der Waals surface area contributed by atoms with Gasteiger partial charge >= 0.3 is 39.5 Å². The van der Waals surface area contributed by atoms with Crippen molar-refractivity contribution in [3.8, 4) is 0 Å². The summed E-state index contributed by atoms with van der Waals surface area (Å²) in [6, 6.07) is 0. The molecule has 0 aliphatic heterocycles. The van der Waals surface area contributed by atoms with Gasteiger partial charge in [0.15, 0.2) is 12.2 Å². The van der Waals surface area contributed by atoms with Crippen molar-refractivity contribution in [2.45, 2.75) is 329 Å². The average molecular weight is 1470 g/mol. The Bertz CT molecular complexity index is 2460. The predicted molar refractivity (Wildman–Crippen MR) is 418 cm³/mol. The van der Waals surface area contributed by atoms with Crippen LogP contribution in [0.2, 0.25) is 0 Å². The second kappa shape index (κ2) is 74.5. The summed E-state index contributed by atoms with van der Waals surface area (Å²) in [5, 5.41) is 10.6. The van der Waals surface area contributed by atoms with Crippen molar-refractivity contribution in [3.63, 3.8) is 0 Å². The molecule has 0 aromatic rings. The first-order valence-electron chi connectivity index (χ1n) is 39.4. The highest BCUT2D eigenvalue weighted by atomic mass is 31.2. The normalized spacial score (nSPS) is 14.6. The van der Waals surface area contributed by atoms with Gasteiger partial charge in [-0.05, 0) is 141 Å². The molecule has 0 aliphatic carbocycles. The van der Waals surface area contributed by atoms with Gasteiger partial charge in [-0.25, -0.2) is 9.13 Å². The Hall–Kier alpha value is -4.80. The Balaban J connectivity index is 5.43. The lowest BCUT2D eigenvalue weighted by atomic mass is 10.1. The highest BCUT2D eigenvalue weighted by Gasteiger charge is 2.30. The Kier molecular flexibility index (Phi) is 71.0. The number of phosphoric acid groups is 2. The second-order valence-electron chi connectivity index (χ2n) is 25.9. The zero-order valence-corrected chi connectivity index (χ0v) is 65.5. The van der Waals surface area contributed by atoms with E-state index in [1.54, 1.807) is 12.2 Å². The maximum Gasteiger partial charge on any atom is 0.472 e. The number of aliphatic hydroxyl groups excluding tert-OH is 1. The van der Waals surface area contributed by atoms with E-state index in [9.17, 15) is 43.2 Å². The van der Waals surface area contributed by atoms with Gasteiger partial charge in [0.25, 0.3) is 0 Å². The van der Waals surface area contributed by atoms with Crippen LogP contribution in [0.5, 0.6) is 0 Å². The summed E-state index contributed by atoms with van der Waals surface area (Å²) in [7, 11) is -10.00. The molecule has 5 unspecified atom stereocenters. The number of phosphoric ester groups is 2. The van der Waals surface area contributed by atoms with Crippen molar-refractivity contribution in [3.05, 3.63) is 134 Å². The maximum atomic E-state index is 13.1. The minimum absolute atomic E-state index is 0.0723. The maximum absolute atomic E-state index is 13.1. The zero-order valence-electron chi connectivity index (χ0n) is 63.7. The Morgan fingerprint density at radius 2 is 0.569 bits per heavy atom. The molecule has 0 rings (SSSR count). The zero-order chi connectivity index (χ0) is 74.6. The number of allylic oxidation sites excluding steroid dienone is 21. The van der Waals surface area contributed by atoms with Crippen LogP contribution in [0.1, 0.15) is 310 Å². The third kappa shape index (κ3) is 73.5. The molecule has 3 N–H and O–H groups in total. The molecule has 0 saturated carbocycles. The molecule has 0 aromatic heterocycles. The van der Waals surface area contributed by atoms with Crippen molar-refractivity contribution in [2.24, 2.45) is 0 Å². The third-order valence-electron chi connectivity index (χ3n) is 16.1. The summed E-state index contributed by atoms with van der Waals surface area (Å²) in [4.78, 5) is 72.9. The lowest BCUT2D eigenvalue weighted by Gasteiger charge is -2.21. The summed E-state index contributed by atoms with van der Waals surface area (Å²) in [5.74, 6) is -2.36. The van der Waals surface area contributed by atoms with Gasteiger partial charge in [-0.15, -0.1) is 0 Å². The van der Waals surface area contributed by atoms with Gasteiger partial charge in [0, 0.05) is 19.3 Å². The highest BCUT2D eigenvalue weighted by Crippen LogP contribution is 2.45. The molecule has 0 radical (unpaired) electrons. The fraction of sp³-hybridized carbons (Fsp3) is 0.687. The lowest BCUT2D eigenvalue weighted by Crippen LogP contribution is -2.30. The van der Waals surface area contributed by atoms with Crippen LogP contribution in [0.15, 0.2) is 134 Å². The fourth-order valence-corrected chi connectivity index (χ4v) is 11.7. The van der Waals surface area contributed by atoms with Crippen molar-refractivity contribution in [2.75, 3.05) is 39.6 Å². The van der Waals surface area contributed by atoms with Crippen LogP contribution in [0.4, 0.5) is 0 Å². The molecule has 0 saturated heterocycles. The Morgan fingerprint density at radius 1 is 0.294 bits per heavy atom. The van der Waals surface area contributed by atoms with Crippen LogP contribution in [-0.2, 0) is 65.4 Å². The highest BCUT2D eigenvalue weighted by molar-refractivity contribution is 7.47. The van der Waals surface area contributed by atoms with E-state index >= 15 is 0 Å². The lowest BCUT2D eigenvalue weighted by molar-refractivity contribution is -0.161. The molecule has 19 heteroatoms. The van der Waals surface area contributed by atoms with E-state index in [0.29, 0.717) is 25.7 Å². The quantitative estimate of drug-likeness (QED) is 0.0169. The topological polar surface area (TPSA) is 237 Å². The number of esters is 4. The first-order chi connectivity index (χ1) is 49.7. The first-order valence-corrected chi connectivity index (χ1v) is 42.4. The molecule has 0 aromatic carbocycles. The van der Waals surface area contributed by atoms with E-state index in [-0.39, 0.29) is 25.7 Å². The van der Waals surface area contributed by atoms with Crippen molar-refractivity contribution in [1.29, 1.82) is 0 Å². The molecule has 17 nitrogen and oxygen atoms in total. The summed E-state index contributed by atoms with van der Waals surface area (Å²) in [6.45, 7) is 4.51. The molecule has 584 valence electrons. The smallest absolute Gasteiger partial charge is 0.462 e. The third-order valence-corrected chi connectivity index (χ3v) is 18.0. The van der Waals surface area contributed by atoms with Gasteiger partial charge < -0.3 is 33.8 Å². The SMILES string of the molecule is CC/C=C\C/C=C\C/C=C\C/C=C\C/C=C\CC(=O)OC(COC(=O)CCCCCCCC/C=C\C/C=C\C/C=C\CCCCC)COP(=O)(O)OCC(O)COP(=O)(O)OCC(COC(=O)CCCCCCC/C=C\CCCCCCCC)OC(=O)CCCCCCC/C=C\C/C=C\CCC. The largest absolute Gasteiger partial charge is 0.472 e. The molecule has 102 heavy (non-hydrogen) atoms. The van der Waals surface area contributed by atoms with Gasteiger partial charge in [0.05, 0.1) is 32.8 Å². The molecule has 0 aliphatic rings. The van der Waals surface area contributed by atoms with Crippen LogP contribution in [0.3, 0.4) is 0 Å². The molecule has 0 amide bonds. The summed E-state index contributed by atoms with van der Waals surface area (Å²) in [5.41, 5.74) is 0. The molecule has 0 fully saturated rings. The van der Waals surface area contributed by atoms with Crippen molar-refractivity contribution >= 4 is 39.5 Å². The van der Waals surface area contributed by atoms with E-state index in [0.717, 1.165) is 173 Å². The van der Waals surface area contributed by atoms with E-state index in [1.165, 1.54) is 57.8 Å². The van der Waals surface area contributed by atoms with E-state index < -0.39 is 97.5 Å². The van der Waals surface area contributed by atoms with Gasteiger partial charge in [-0.1, -0.05) is 277 Å². The van der Waals surface area contributed by atoms with Crippen molar-refractivity contribution in [1.82, 2.24) is 0 Å². The number of carbonyl (C=O) groups is 4. The van der Waals surface area contributed by atoms with Crippen LogP contribution >= 0.6 is 15.6 Å². The summed E-state index contributed by atoms with van der Waals surface area (Å²) in [6.07, 6.45) is 83.2. The van der Waals surface area contributed by atoms with Crippen LogP contribution in [-0.4, -0.2) is 96.7 Å². The average Bonchev–Trinajstić information content (AvgIpc) is 0.907. The molecule has 5 atom stereocenters. The first kappa shape index (κ1) is 97.2. The number of ether oxygens (including phenoxy) is 4. The second-order valence-corrected chi connectivity index (χ2v) is 28.8. The standard InChI is InChI=1S/C83H140O17P2/c1-5-9-13-17-21-25-29-33-36-37-38-39-42-45-48-52-56-60-64-68-81(86)94-74-79(100-83(88)70-66-62-58-54-50-46-41-35-31-27-23-19-15-11-7-3)76-98-102(91,92)96-72-77(84)71-95-101(89,90)97-75-78(99-82(87)69-65-61-57-53-49-43-32-28-24-20-16-12-8-4)73-93-80(85)67-63-59-55-51-47-44-40-34-30-26-22-18-14-10-6-2/h11,15-16,20-21,23,25,27-28,32-36,38-41,50,54,62,66,77-79,84H,5-10,12-14,17-19,22,24,26,29-31,37,42-49,51-53,55-61,63-65,67-76H2,1-4H3,(H,89,90)(H,91,92)/b15-11-,20-16-,25-21-,27-23-,32-28-,36-33-,39-38-,40-34-,41-35-,54-50-,66-62-. The number of aliphatic hydroxyl groups is 1. The van der Waals surface area contributed by atoms with E-state index in [2.05, 4.69) is 137 Å². The van der Waals surface area contributed by atoms with Crippen molar-refractivity contribution < 1.29 is 80.2 Å². The molecule has 0 spiro atoms. The Labute approximate surface area is 618 Å². The monoisotopic (exact) mass is 1470 g/mol. The van der Waals surface area contributed by atoms with Gasteiger partial charge in [-0.3, -0.25) is 37.3 Å². The number of unbranched alkanes of at least 4 members (excludes halogenated alkanes) is 26. The molecular weight excluding hydrogens is 1330 g/mol. The number of hydrogen-bond donors (Lipinski definition) is 3. The number of hydrogen-bond acceptors (Lipinski definition) is 15. The van der Waals surface area contributed by atoms with Crippen LogP contribution in [0, 0.1) is 0 Å². The molecular formula is C83H140O17P2. The molecule has 0 bridgehead atoms.